The number of aromatic amines is 1. The van der Waals surface area contributed by atoms with Gasteiger partial charge >= 0.3 is 0 Å². The maximum atomic E-state index is 12.1. The molecule has 114 valence electrons. The second-order valence-corrected chi connectivity index (χ2v) is 6.73. The van der Waals surface area contributed by atoms with Gasteiger partial charge in [0.1, 0.15) is 0 Å². The number of rotatable bonds is 10. The molecule has 2 rings (SSSR count). The van der Waals surface area contributed by atoms with E-state index in [9.17, 15) is 8.42 Å². The summed E-state index contributed by atoms with van der Waals surface area (Å²) in [5.74, 6) is 0.737. The molecule has 20 heavy (non-hydrogen) atoms. The molecule has 1 aliphatic rings. The molecule has 0 atom stereocenters. The molecule has 0 aliphatic heterocycles. The summed E-state index contributed by atoms with van der Waals surface area (Å²) in [6.45, 7) is 2.22. The predicted octanol–water partition coefficient (Wildman–Crippen LogP) is 0.224. The fourth-order valence-corrected chi connectivity index (χ4v) is 3.04. The van der Waals surface area contributed by atoms with Crippen molar-refractivity contribution in [1.29, 1.82) is 0 Å². The highest BCUT2D eigenvalue weighted by atomic mass is 32.2. The van der Waals surface area contributed by atoms with Gasteiger partial charge in [0.15, 0.2) is 5.03 Å². The molecule has 8 heteroatoms. The van der Waals surface area contributed by atoms with E-state index in [-0.39, 0.29) is 5.03 Å². The van der Waals surface area contributed by atoms with Crippen molar-refractivity contribution in [1.82, 2.24) is 20.2 Å². The van der Waals surface area contributed by atoms with Crippen molar-refractivity contribution in [3.05, 3.63) is 11.8 Å². The first-order chi connectivity index (χ1) is 9.63. The van der Waals surface area contributed by atoms with E-state index in [1.54, 1.807) is 7.05 Å². The van der Waals surface area contributed by atoms with Gasteiger partial charge in [-0.1, -0.05) is 0 Å². The lowest BCUT2D eigenvalue weighted by atomic mass is 10.4. The minimum atomic E-state index is -3.52. The van der Waals surface area contributed by atoms with E-state index in [1.165, 1.54) is 19.0 Å². The highest BCUT2D eigenvalue weighted by Crippen LogP contribution is 2.28. The van der Waals surface area contributed by atoms with Gasteiger partial charge in [-0.15, -0.1) is 0 Å². The molecule has 0 amide bonds. The van der Waals surface area contributed by atoms with Crippen LogP contribution >= 0.6 is 0 Å². The van der Waals surface area contributed by atoms with Crippen LogP contribution in [-0.2, 0) is 21.3 Å². The number of hydrogen-bond donors (Lipinski definition) is 3. The quantitative estimate of drug-likeness (QED) is 0.538. The molecule has 0 radical (unpaired) electrons. The molecule has 0 unspecified atom stereocenters. The lowest BCUT2D eigenvalue weighted by molar-refractivity contribution is 0.123. The largest absolute Gasteiger partial charge is 0.381 e. The normalized spacial score (nSPS) is 15.7. The summed E-state index contributed by atoms with van der Waals surface area (Å²) in [6.07, 6.45) is 4.71. The first-order valence-corrected chi connectivity index (χ1v) is 8.36. The fourth-order valence-electron chi connectivity index (χ4n) is 1.84. The van der Waals surface area contributed by atoms with E-state index in [2.05, 4.69) is 20.2 Å². The Kier molecular flexibility index (Phi) is 5.53. The molecule has 0 spiro atoms. The van der Waals surface area contributed by atoms with Crippen molar-refractivity contribution in [2.75, 3.05) is 26.8 Å². The molecule has 1 aromatic heterocycles. The zero-order valence-electron chi connectivity index (χ0n) is 11.7. The first kappa shape index (κ1) is 15.4. The Balaban J connectivity index is 1.73. The van der Waals surface area contributed by atoms with Crippen LogP contribution in [0.4, 0.5) is 0 Å². The number of nitrogens with zero attached hydrogens (tertiary/aromatic N) is 1. The number of H-pyrrole nitrogens is 1. The highest BCUT2D eigenvalue weighted by molar-refractivity contribution is 7.89. The van der Waals surface area contributed by atoms with Crippen LogP contribution < -0.4 is 10.0 Å². The number of nitrogens with one attached hydrogen (secondary N) is 3. The number of sulfonamides is 1. The molecular weight excluding hydrogens is 280 g/mol. The third-order valence-corrected chi connectivity index (χ3v) is 4.60. The Morgan fingerprint density at radius 1 is 1.50 bits per heavy atom. The first-order valence-electron chi connectivity index (χ1n) is 6.87. The maximum Gasteiger partial charge on any atom is 0.257 e. The molecule has 1 aliphatic carbocycles. The van der Waals surface area contributed by atoms with Gasteiger partial charge < -0.3 is 10.1 Å². The van der Waals surface area contributed by atoms with E-state index in [1.807, 2.05) is 0 Å². The van der Waals surface area contributed by atoms with E-state index in [0.29, 0.717) is 31.7 Å². The average molecular weight is 302 g/mol. The second-order valence-electron chi connectivity index (χ2n) is 5.02. The van der Waals surface area contributed by atoms with Crippen LogP contribution in [0.3, 0.4) is 0 Å². The lowest BCUT2D eigenvalue weighted by Gasteiger charge is -2.07. The SMILES string of the molecule is CNCc1cn[nH]c1S(=O)(=O)NCCCOCC1CC1. The third kappa shape index (κ3) is 4.55. The van der Waals surface area contributed by atoms with E-state index in [0.717, 1.165) is 12.5 Å². The smallest absolute Gasteiger partial charge is 0.257 e. The Morgan fingerprint density at radius 2 is 2.30 bits per heavy atom. The highest BCUT2D eigenvalue weighted by Gasteiger charge is 2.21. The summed E-state index contributed by atoms with van der Waals surface area (Å²) >= 11 is 0. The Labute approximate surface area is 119 Å². The molecule has 1 aromatic rings. The van der Waals surface area contributed by atoms with E-state index in [4.69, 9.17) is 4.74 Å². The van der Waals surface area contributed by atoms with Gasteiger partial charge in [-0.2, -0.15) is 5.10 Å². The summed E-state index contributed by atoms with van der Waals surface area (Å²) in [6, 6.07) is 0. The zero-order valence-corrected chi connectivity index (χ0v) is 12.5. The van der Waals surface area contributed by atoms with Crippen LogP contribution in [0.15, 0.2) is 11.2 Å². The average Bonchev–Trinajstić information content (AvgIpc) is 3.11. The van der Waals surface area contributed by atoms with Crippen molar-refractivity contribution in [2.45, 2.75) is 30.8 Å². The van der Waals surface area contributed by atoms with Gasteiger partial charge in [0.05, 0.1) is 6.20 Å². The van der Waals surface area contributed by atoms with Crippen LogP contribution in [0, 0.1) is 5.92 Å². The topological polar surface area (TPSA) is 96.1 Å². The monoisotopic (exact) mass is 302 g/mol. The van der Waals surface area contributed by atoms with Gasteiger partial charge in [0, 0.05) is 31.9 Å². The van der Waals surface area contributed by atoms with Gasteiger partial charge in [-0.3, -0.25) is 5.10 Å². The predicted molar refractivity (Wildman–Crippen MR) is 74.7 cm³/mol. The molecular formula is C12H22N4O3S. The Morgan fingerprint density at radius 3 is 3.00 bits per heavy atom. The minimum Gasteiger partial charge on any atom is -0.381 e. The maximum absolute atomic E-state index is 12.1. The lowest BCUT2D eigenvalue weighted by Crippen LogP contribution is -2.27. The van der Waals surface area contributed by atoms with Gasteiger partial charge in [0.25, 0.3) is 10.0 Å². The van der Waals surface area contributed by atoms with Gasteiger partial charge in [0.2, 0.25) is 0 Å². The third-order valence-electron chi connectivity index (χ3n) is 3.12. The molecule has 1 saturated carbocycles. The molecule has 1 fully saturated rings. The van der Waals surface area contributed by atoms with Crippen LogP contribution in [0.2, 0.25) is 0 Å². The van der Waals surface area contributed by atoms with Crippen molar-refractivity contribution in [3.8, 4) is 0 Å². The summed E-state index contributed by atoms with van der Waals surface area (Å²) in [7, 11) is -1.77. The van der Waals surface area contributed by atoms with Crippen molar-refractivity contribution < 1.29 is 13.2 Å². The van der Waals surface area contributed by atoms with Crippen LogP contribution in [0.5, 0.6) is 0 Å². The number of aromatic nitrogens is 2. The molecule has 1 heterocycles. The van der Waals surface area contributed by atoms with Crippen molar-refractivity contribution in [3.63, 3.8) is 0 Å². The number of hydrogen-bond acceptors (Lipinski definition) is 5. The van der Waals surface area contributed by atoms with Crippen molar-refractivity contribution >= 4 is 10.0 Å². The summed E-state index contributed by atoms with van der Waals surface area (Å²) in [5.41, 5.74) is 0.630. The molecule has 0 aromatic carbocycles. The van der Waals surface area contributed by atoms with Crippen LogP contribution in [0.25, 0.3) is 0 Å². The Hall–Kier alpha value is -0.960. The summed E-state index contributed by atoms with van der Waals surface area (Å²) in [5, 5.41) is 9.36. The Bertz CT molecular complexity index is 511. The zero-order chi connectivity index (χ0) is 14.4. The molecule has 3 N–H and O–H groups in total. The van der Waals surface area contributed by atoms with E-state index >= 15 is 0 Å². The molecule has 0 saturated heterocycles. The van der Waals surface area contributed by atoms with Crippen LogP contribution in [-0.4, -0.2) is 45.4 Å². The second kappa shape index (κ2) is 7.16. The minimum absolute atomic E-state index is 0.130. The summed E-state index contributed by atoms with van der Waals surface area (Å²) < 4.78 is 32.2. The van der Waals surface area contributed by atoms with Gasteiger partial charge in [-0.25, -0.2) is 13.1 Å². The standard InChI is InChI=1S/C12H22N4O3S/c1-13-7-11-8-14-16-12(11)20(17,18)15-5-2-6-19-9-10-3-4-10/h8,10,13,15H,2-7,9H2,1H3,(H,14,16). The van der Waals surface area contributed by atoms with Crippen molar-refractivity contribution in [2.24, 2.45) is 5.92 Å². The van der Waals surface area contributed by atoms with Crippen LogP contribution in [0.1, 0.15) is 24.8 Å². The fraction of sp³-hybridized carbons (Fsp3) is 0.750. The van der Waals surface area contributed by atoms with E-state index < -0.39 is 10.0 Å². The summed E-state index contributed by atoms with van der Waals surface area (Å²) in [4.78, 5) is 0. The van der Waals surface area contributed by atoms with Gasteiger partial charge in [-0.05, 0) is 32.2 Å². The molecule has 0 bridgehead atoms. The number of ether oxygens (including phenoxy) is 1. The molecule has 7 nitrogen and oxygen atoms in total.